The first kappa shape index (κ1) is 10.6. The fourth-order valence-electron chi connectivity index (χ4n) is 1.23. The lowest BCUT2D eigenvalue weighted by molar-refractivity contribution is 0.816. The Balaban J connectivity index is 2.52. The van der Waals surface area contributed by atoms with Crippen LogP contribution in [0.1, 0.15) is 37.3 Å². The summed E-state index contributed by atoms with van der Waals surface area (Å²) < 4.78 is 0. The zero-order chi connectivity index (χ0) is 10.2. The molecule has 1 aromatic carbocycles. The second-order valence-electron chi connectivity index (χ2n) is 3.31. The van der Waals surface area contributed by atoms with Crippen LogP contribution in [0.3, 0.4) is 0 Å². The van der Waals surface area contributed by atoms with Crippen molar-refractivity contribution < 1.29 is 0 Å². The van der Waals surface area contributed by atoms with Gasteiger partial charge in [0.15, 0.2) is 0 Å². The summed E-state index contributed by atoms with van der Waals surface area (Å²) in [5.41, 5.74) is 2.16. The van der Waals surface area contributed by atoms with E-state index in [-0.39, 0.29) is 0 Å². The Kier molecular flexibility index (Phi) is 4.58. The zero-order valence-corrected chi connectivity index (χ0v) is 8.66. The van der Waals surface area contributed by atoms with Crippen molar-refractivity contribution in [3.05, 3.63) is 41.5 Å². The first-order valence-electron chi connectivity index (χ1n) is 5.10. The van der Waals surface area contributed by atoms with Gasteiger partial charge in [0.05, 0.1) is 0 Å². The van der Waals surface area contributed by atoms with Crippen molar-refractivity contribution in [3.8, 4) is 12.3 Å². The molecule has 0 heteroatoms. The fourth-order valence-corrected chi connectivity index (χ4v) is 1.23. The van der Waals surface area contributed by atoms with Gasteiger partial charge in [-0.2, -0.15) is 0 Å². The van der Waals surface area contributed by atoms with E-state index in [4.69, 9.17) is 6.42 Å². The van der Waals surface area contributed by atoms with Gasteiger partial charge in [0.2, 0.25) is 0 Å². The SMILES string of the molecule is C#Cc1ccc(/C=C/CCCC)cc1. The van der Waals surface area contributed by atoms with Gasteiger partial charge in [0.25, 0.3) is 0 Å². The molecule has 0 nitrogen and oxygen atoms in total. The van der Waals surface area contributed by atoms with Gasteiger partial charge in [-0.15, -0.1) is 6.42 Å². The van der Waals surface area contributed by atoms with Crippen LogP contribution < -0.4 is 0 Å². The van der Waals surface area contributed by atoms with Crippen molar-refractivity contribution in [3.63, 3.8) is 0 Å². The van der Waals surface area contributed by atoms with Crippen LogP contribution in [0.2, 0.25) is 0 Å². The number of hydrogen-bond acceptors (Lipinski definition) is 0. The summed E-state index contributed by atoms with van der Waals surface area (Å²) in [6.45, 7) is 2.20. The minimum atomic E-state index is 0.940. The minimum absolute atomic E-state index is 0.940. The number of hydrogen-bond donors (Lipinski definition) is 0. The standard InChI is InChI=1S/C14H16/c1-3-5-6-7-8-14-11-9-13(4-2)10-12-14/h2,7-12H,3,5-6H2,1H3/b8-7+. The number of allylic oxidation sites excluding steroid dienone is 1. The molecule has 0 spiro atoms. The summed E-state index contributed by atoms with van der Waals surface area (Å²) in [6.07, 6.45) is 13.3. The molecule has 72 valence electrons. The van der Waals surface area contributed by atoms with Gasteiger partial charge in [-0.05, 0) is 24.1 Å². The molecule has 1 aromatic rings. The van der Waals surface area contributed by atoms with Crippen LogP contribution in [0.15, 0.2) is 30.3 Å². The highest BCUT2D eigenvalue weighted by atomic mass is 13.9. The maximum Gasteiger partial charge on any atom is 0.0243 e. The molecule has 0 N–H and O–H groups in total. The van der Waals surface area contributed by atoms with E-state index < -0.39 is 0 Å². The Morgan fingerprint density at radius 1 is 1.29 bits per heavy atom. The maximum atomic E-state index is 5.27. The molecule has 0 aliphatic rings. The average molecular weight is 184 g/mol. The van der Waals surface area contributed by atoms with Gasteiger partial charge in [-0.1, -0.05) is 50.0 Å². The highest BCUT2D eigenvalue weighted by molar-refractivity contribution is 5.51. The van der Waals surface area contributed by atoms with E-state index in [1.165, 1.54) is 18.4 Å². The number of benzene rings is 1. The highest BCUT2D eigenvalue weighted by Crippen LogP contribution is 2.06. The molecule has 0 atom stereocenters. The molecule has 1 rings (SSSR count). The van der Waals surface area contributed by atoms with E-state index in [2.05, 4.69) is 37.1 Å². The van der Waals surface area contributed by atoms with Gasteiger partial charge in [0.1, 0.15) is 0 Å². The normalized spacial score (nSPS) is 10.3. The van der Waals surface area contributed by atoms with Crippen LogP contribution in [0.4, 0.5) is 0 Å². The van der Waals surface area contributed by atoms with Gasteiger partial charge < -0.3 is 0 Å². The van der Waals surface area contributed by atoms with Gasteiger partial charge in [-0.3, -0.25) is 0 Å². The lowest BCUT2D eigenvalue weighted by Gasteiger charge is -1.94. The third-order valence-corrected chi connectivity index (χ3v) is 2.11. The smallest absolute Gasteiger partial charge is 0.0243 e. The fraction of sp³-hybridized carbons (Fsp3) is 0.286. The lowest BCUT2D eigenvalue weighted by atomic mass is 10.1. The van der Waals surface area contributed by atoms with Gasteiger partial charge in [-0.25, -0.2) is 0 Å². The maximum absolute atomic E-state index is 5.27. The van der Waals surface area contributed by atoms with E-state index >= 15 is 0 Å². The Morgan fingerprint density at radius 3 is 2.57 bits per heavy atom. The molecule has 0 aromatic heterocycles. The van der Waals surface area contributed by atoms with Crippen molar-refractivity contribution in [2.24, 2.45) is 0 Å². The Morgan fingerprint density at radius 2 is 2.00 bits per heavy atom. The third-order valence-electron chi connectivity index (χ3n) is 2.11. The molecule has 0 saturated heterocycles. The van der Waals surface area contributed by atoms with Crippen LogP contribution in [0.25, 0.3) is 6.08 Å². The Bertz CT molecular complexity index is 322. The van der Waals surface area contributed by atoms with Crippen molar-refractivity contribution in [2.75, 3.05) is 0 Å². The van der Waals surface area contributed by atoms with Crippen LogP contribution in [-0.4, -0.2) is 0 Å². The highest BCUT2D eigenvalue weighted by Gasteiger charge is 1.87. The van der Waals surface area contributed by atoms with E-state index in [0.29, 0.717) is 0 Å². The second-order valence-corrected chi connectivity index (χ2v) is 3.31. The summed E-state index contributed by atoms with van der Waals surface area (Å²) in [5, 5.41) is 0. The molecular weight excluding hydrogens is 168 g/mol. The first-order valence-corrected chi connectivity index (χ1v) is 5.10. The van der Waals surface area contributed by atoms with Crippen molar-refractivity contribution >= 4 is 6.08 Å². The Hall–Kier alpha value is -1.48. The van der Waals surface area contributed by atoms with E-state index in [0.717, 1.165) is 12.0 Å². The number of terminal acetylenes is 1. The van der Waals surface area contributed by atoms with E-state index in [1.807, 2.05) is 12.1 Å². The summed E-state index contributed by atoms with van der Waals surface area (Å²) in [6, 6.07) is 8.05. The van der Waals surface area contributed by atoms with Crippen molar-refractivity contribution in [1.29, 1.82) is 0 Å². The molecule has 0 heterocycles. The molecule has 0 saturated carbocycles. The van der Waals surface area contributed by atoms with Crippen LogP contribution in [0.5, 0.6) is 0 Å². The minimum Gasteiger partial charge on any atom is -0.115 e. The zero-order valence-electron chi connectivity index (χ0n) is 8.66. The summed E-state index contributed by atoms with van der Waals surface area (Å²) >= 11 is 0. The molecule has 0 bridgehead atoms. The largest absolute Gasteiger partial charge is 0.115 e. The van der Waals surface area contributed by atoms with E-state index in [9.17, 15) is 0 Å². The predicted molar refractivity (Wildman–Crippen MR) is 62.9 cm³/mol. The quantitative estimate of drug-likeness (QED) is 0.492. The Labute approximate surface area is 86.7 Å². The summed E-state index contributed by atoms with van der Waals surface area (Å²) in [4.78, 5) is 0. The molecule has 0 aliphatic heterocycles. The van der Waals surface area contributed by atoms with Crippen LogP contribution >= 0.6 is 0 Å². The number of unbranched alkanes of at least 4 members (excludes halogenated alkanes) is 2. The molecule has 0 aliphatic carbocycles. The summed E-state index contributed by atoms with van der Waals surface area (Å²) in [5.74, 6) is 2.61. The van der Waals surface area contributed by atoms with Gasteiger partial charge >= 0.3 is 0 Å². The van der Waals surface area contributed by atoms with Crippen molar-refractivity contribution in [1.82, 2.24) is 0 Å². The molecule has 0 unspecified atom stereocenters. The predicted octanol–water partition coefficient (Wildman–Crippen LogP) is 3.87. The molecule has 0 amide bonds. The third kappa shape index (κ3) is 3.49. The molecule has 14 heavy (non-hydrogen) atoms. The summed E-state index contributed by atoms with van der Waals surface area (Å²) in [7, 11) is 0. The van der Waals surface area contributed by atoms with Crippen molar-refractivity contribution in [2.45, 2.75) is 26.2 Å². The monoisotopic (exact) mass is 184 g/mol. The first-order chi connectivity index (χ1) is 6.86. The van der Waals surface area contributed by atoms with Gasteiger partial charge in [0, 0.05) is 5.56 Å². The average Bonchev–Trinajstić information content (AvgIpc) is 2.25. The van der Waals surface area contributed by atoms with Crippen LogP contribution in [0, 0.1) is 12.3 Å². The number of rotatable bonds is 4. The van der Waals surface area contributed by atoms with Crippen LogP contribution in [-0.2, 0) is 0 Å². The molecular formula is C14H16. The lowest BCUT2D eigenvalue weighted by Crippen LogP contribution is -1.75. The molecule has 0 fully saturated rings. The molecule has 0 radical (unpaired) electrons. The second kappa shape index (κ2) is 6.05. The van der Waals surface area contributed by atoms with E-state index in [1.54, 1.807) is 0 Å². The topological polar surface area (TPSA) is 0 Å².